The van der Waals surface area contributed by atoms with Crippen LogP contribution in [-0.2, 0) is 11.3 Å². The van der Waals surface area contributed by atoms with Crippen LogP contribution in [0.4, 0.5) is 13.2 Å². The van der Waals surface area contributed by atoms with Crippen molar-refractivity contribution in [2.45, 2.75) is 25.7 Å². The minimum absolute atomic E-state index is 0.322. The lowest BCUT2D eigenvalue weighted by Crippen LogP contribution is -2.21. The standard InChI is InChI=1S/C16H18N4S.C2HF3O2/c1-12(16-17-6-7-21-16)20(2)11-13-4-3-5-14(8-13)15-9-18-19-10-15;3-2(4,5)1(6)7/h3-10,12H,11H2,1-2H3,(H,18,19);(H,6,7). The Morgan fingerprint density at radius 3 is 2.61 bits per heavy atom. The van der Waals surface area contributed by atoms with Gasteiger partial charge in [0.15, 0.2) is 0 Å². The van der Waals surface area contributed by atoms with Gasteiger partial charge in [0.05, 0.1) is 12.2 Å². The average Bonchev–Trinajstić information content (AvgIpc) is 3.35. The van der Waals surface area contributed by atoms with Crippen LogP contribution in [0.2, 0.25) is 0 Å². The van der Waals surface area contributed by atoms with Crippen LogP contribution in [0, 0.1) is 0 Å². The minimum atomic E-state index is -5.08. The van der Waals surface area contributed by atoms with Gasteiger partial charge in [0.1, 0.15) is 5.01 Å². The van der Waals surface area contributed by atoms with Crippen LogP contribution in [0.5, 0.6) is 0 Å². The Hall–Kier alpha value is -2.72. The number of hydrogen-bond donors (Lipinski definition) is 2. The second-order valence-corrected chi connectivity index (χ2v) is 6.88. The van der Waals surface area contributed by atoms with Crippen molar-refractivity contribution in [1.29, 1.82) is 0 Å². The molecule has 3 aromatic rings. The van der Waals surface area contributed by atoms with Gasteiger partial charge >= 0.3 is 12.1 Å². The molecule has 0 spiro atoms. The number of hydrogen-bond acceptors (Lipinski definition) is 5. The first-order valence-corrected chi connectivity index (χ1v) is 9.04. The highest BCUT2D eigenvalue weighted by Crippen LogP contribution is 2.24. The van der Waals surface area contributed by atoms with Gasteiger partial charge in [0.25, 0.3) is 0 Å². The van der Waals surface area contributed by atoms with E-state index in [9.17, 15) is 13.2 Å². The summed E-state index contributed by atoms with van der Waals surface area (Å²) in [7, 11) is 2.14. The molecule has 2 aromatic heterocycles. The number of aromatic amines is 1. The molecule has 28 heavy (non-hydrogen) atoms. The predicted molar refractivity (Wildman–Crippen MR) is 99.7 cm³/mol. The van der Waals surface area contributed by atoms with E-state index in [4.69, 9.17) is 9.90 Å². The first kappa shape index (κ1) is 21.6. The van der Waals surface area contributed by atoms with E-state index in [2.05, 4.69) is 58.3 Å². The van der Waals surface area contributed by atoms with Crippen LogP contribution in [0.15, 0.2) is 48.2 Å². The fourth-order valence-corrected chi connectivity index (χ4v) is 3.07. The van der Waals surface area contributed by atoms with E-state index in [-0.39, 0.29) is 0 Å². The first-order chi connectivity index (χ1) is 13.2. The Morgan fingerprint density at radius 1 is 1.36 bits per heavy atom. The van der Waals surface area contributed by atoms with Crippen molar-refractivity contribution in [3.8, 4) is 11.1 Å². The molecule has 0 radical (unpaired) electrons. The monoisotopic (exact) mass is 412 g/mol. The molecular weight excluding hydrogens is 393 g/mol. The summed E-state index contributed by atoms with van der Waals surface area (Å²) in [4.78, 5) is 15.6. The quantitative estimate of drug-likeness (QED) is 0.651. The van der Waals surface area contributed by atoms with Gasteiger partial charge in [-0.05, 0) is 31.2 Å². The number of alkyl halides is 3. The zero-order chi connectivity index (χ0) is 20.7. The average molecular weight is 412 g/mol. The number of halogens is 3. The molecule has 1 atom stereocenters. The van der Waals surface area contributed by atoms with E-state index in [1.807, 2.05) is 24.0 Å². The van der Waals surface area contributed by atoms with Crippen LogP contribution >= 0.6 is 11.3 Å². The fourth-order valence-electron chi connectivity index (χ4n) is 2.31. The summed E-state index contributed by atoms with van der Waals surface area (Å²) in [6.07, 6.45) is 0.548. The van der Waals surface area contributed by atoms with Crippen LogP contribution in [-0.4, -0.2) is 44.4 Å². The third-order valence-electron chi connectivity index (χ3n) is 3.90. The highest BCUT2D eigenvalue weighted by atomic mass is 32.1. The topological polar surface area (TPSA) is 82.1 Å². The highest BCUT2D eigenvalue weighted by molar-refractivity contribution is 7.09. The second kappa shape index (κ2) is 9.47. The molecule has 2 N–H and O–H groups in total. The maximum atomic E-state index is 10.6. The fraction of sp³-hybridized carbons (Fsp3) is 0.278. The largest absolute Gasteiger partial charge is 0.490 e. The Balaban J connectivity index is 0.000000345. The SMILES string of the molecule is CC(c1nccs1)N(C)Cc1cccc(-c2cn[nH]c2)c1.O=C(O)C(F)(F)F. The van der Waals surface area contributed by atoms with Crippen molar-refractivity contribution in [3.05, 3.63) is 58.8 Å². The number of thiazole rings is 1. The van der Waals surface area contributed by atoms with Gasteiger partial charge in [-0.2, -0.15) is 18.3 Å². The lowest BCUT2D eigenvalue weighted by atomic mass is 10.1. The zero-order valence-corrected chi connectivity index (χ0v) is 16.0. The maximum absolute atomic E-state index is 10.6. The maximum Gasteiger partial charge on any atom is 0.490 e. The van der Waals surface area contributed by atoms with Crippen molar-refractivity contribution in [1.82, 2.24) is 20.1 Å². The molecule has 3 rings (SSSR count). The molecule has 0 bridgehead atoms. The molecule has 0 saturated heterocycles. The van der Waals surface area contributed by atoms with Crippen LogP contribution in [0.1, 0.15) is 23.5 Å². The number of carboxylic acid groups (broad SMARTS) is 1. The van der Waals surface area contributed by atoms with Gasteiger partial charge in [-0.15, -0.1) is 11.3 Å². The molecule has 0 amide bonds. The number of nitrogens with one attached hydrogen (secondary N) is 1. The summed E-state index contributed by atoms with van der Waals surface area (Å²) in [5.74, 6) is -2.76. The van der Waals surface area contributed by atoms with Crippen LogP contribution in [0.3, 0.4) is 0 Å². The summed E-state index contributed by atoms with van der Waals surface area (Å²) in [5.41, 5.74) is 3.60. The Bertz CT molecular complexity index is 867. The lowest BCUT2D eigenvalue weighted by Gasteiger charge is -2.23. The molecule has 2 heterocycles. The Labute approximate surface area is 163 Å². The number of H-pyrrole nitrogens is 1. The van der Waals surface area contributed by atoms with Gasteiger partial charge in [-0.25, -0.2) is 9.78 Å². The van der Waals surface area contributed by atoms with Gasteiger partial charge in [-0.3, -0.25) is 10.00 Å². The Kier molecular flexibility index (Phi) is 7.30. The van der Waals surface area contributed by atoms with E-state index in [0.717, 1.165) is 17.1 Å². The van der Waals surface area contributed by atoms with Gasteiger partial charge in [0, 0.05) is 29.9 Å². The summed E-state index contributed by atoms with van der Waals surface area (Å²) >= 11 is 1.71. The number of nitrogens with zero attached hydrogens (tertiary/aromatic N) is 3. The number of rotatable bonds is 5. The Morgan fingerprint density at radius 2 is 2.07 bits per heavy atom. The van der Waals surface area contributed by atoms with Crippen molar-refractivity contribution in [3.63, 3.8) is 0 Å². The van der Waals surface area contributed by atoms with Crippen LogP contribution in [0.25, 0.3) is 11.1 Å². The molecular formula is C18H19F3N4O2S. The van der Waals surface area contributed by atoms with E-state index >= 15 is 0 Å². The normalized spacial score (nSPS) is 12.4. The third-order valence-corrected chi connectivity index (χ3v) is 4.85. The minimum Gasteiger partial charge on any atom is -0.475 e. The zero-order valence-electron chi connectivity index (χ0n) is 15.1. The first-order valence-electron chi connectivity index (χ1n) is 8.16. The van der Waals surface area contributed by atoms with E-state index in [1.165, 1.54) is 11.1 Å². The lowest BCUT2D eigenvalue weighted by molar-refractivity contribution is -0.192. The van der Waals surface area contributed by atoms with E-state index in [0.29, 0.717) is 6.04 Å². The summed E-state index contributed by atoms with van der Waals surface area (Å²) < 4.78 is 31.7. The molecule has 6 nitrogen and oxygen atoms in total. The summed E-state index contributed by atoms with van der Waals surface area (Å²) in [6, 6.07) is 8.91. The van der Waals surface area contributed by atoms with Crippen molar-refractivity contribution >= 4 is 17.3 Å². The molecule has 150 valence electrons. The number of carboxylic acids is 1. The number of aliphatic carboxylic acids is 1. The van der Waals surface area contributed by atoms with Crippen molar-refractivity contribution < 1.29 is 23.1 Å². The summed E-state index contributed by atoms with van der Waals surface area (Å²) in [5, 5.41) is 17.2. The van der Waals surface area contributed by atoms with Crippen molar-refractivity contribution in [2.24, 2.45) is 0 Å². The molecule has 0 aliphatic rings. The predicted octanol–water partition coefficient (Wildman–Crippen LogP) is 4.36. The summed E-state index contributed by atoms with van der Waals surface area (Å²) in [6.45, 7) is 3.09. The third kappa shape index (κ3) is 6.17. The molecule has 1 unspecified atom stereocenters. The molecule has 1 aromatic carbocycles. The molecule has 0 aliphatic carbocycles. The van der Waals surface area contributed by atoms with Gasteiger partial charge in [0.2, 0.25) is 0 Å². The van der Waals surface area contributed by atoms with Crippen LogP contribution < -0.4 is 0 Å². The number of benzene rings is 1. The van der Waals surface area contributed by atoms with Crippen molar-refractivity contribution in [2.75, 3.05) is 7.05 Å². The van der Waals surface area contributed by atoms with E-state index in [1.54, 1.807) is 11.3 Å². The highest BCUT2D eigenvalue weighted by Gasteiger charge is 2.38. The molecule has 10 heteroatoms. The number of carbonyl (C=O) groups is 1. The van der Waals surface area contributed by atoms with Gasteiger partial charge < -0.3 is 5.11 Å². The second-order valence-electron chi connectivity index (χ2n) is 5.95. The van der Waals surface area contributed by atoms with Gasteiger partial charge in [-0.1, -0.05) is 18.2 Å². The van der Waals surface area contributed by atoms with E-state index < -0.39 is 12.1 Å². The smallest absolute Gasteiger partial charge is 0.475 e. The molecule has 0 aliphatic heterocycles. The molecule has 0 fully saturated rings. The number of aromatic nitrogens is 3. The molecule has 0 saturated carbocycles.